The number of amides is 1. The molecular weight excluding hydrogens is 331 g/mol. The largest absolute Gasteiger partial charge is 0.396 e. The number of hydrogen-bond donors (Lipinski definition) is 2. The molecule has 6 heteroatoms. The number of benzene rings is 1. The van der Waals surface area contributed by atoms with Gasteiger partial charge in [-0.1, -0.05) is 12.1 Å². The van der Waals surface area contributed by atoms with Gasteiger partial charge in [0.05, 0.1) is 11.4 Å². The minimum atomic E-state index is -0.299. The van der Waals surface area contributed by atoms with Gasteiger partial charge >= 0.3 is 0 Å². The van der Waals surface area contributed by atoms with E-state index < -0.39 is 0 Å². The van der Waals surface area contributed by atoms with Gasteiger partial charge in [-0.3, -0.25) is 9.48 Å². The Morgan fingerprint density at radius 1 is 1.47 bits per heavy atom. The first-order chi connectivity index (χ1) is 8.08. The summed E-state index contributed by atoms with van der Waals surface area (Å²) in [6, 6.07) is 7.52. The summed E-state index contributed by atoms with van der Waals surface area (Å²) in [6.07, 6.45) is 1.60. The van der Waals surface area contributed by atoms with Crippen LogP contribution in [0.5, 0.6) is 0 Å². The SMILES string of the molecule is Cn1cc(N)c(C(=O)Nc2ccccc2I)n1. The summed E-state index contributed by atoms with van der Waals surface area (Å²) < 4.78 is 2.48. The fourth-order valence-electron chi connectivity index (χ4n) is 1.43. The van der Waals surface area contributed by atoms with Crippen molar-refractivity contribution in [1.29, 1.82) is 0 Å². The standard InChI is InChI=1S/C11H11IN4O/c1-16-6-8(13)10(15-16)11(17)14-9-5-3-2-4-7(9)12/h2-6H,13H2,1H3,(H,14,17). The van der Waals surface area contributed by atoms with E-state index in [-0.39, 0.29) is 11.6 Å². The Balaban J connectivity index is 2.23. The third-order valence-electron chi connectivity index (χ3n) is 2.19. The Hall–Kier alpha value is -1.57. The first-order valence-corrected chi connectivity index (χ1v) is 6.01. The van der Waals surface area contributed by atoms with Crippen molar-refractivity contribution in [2.75, 3.05) is 11.1 Å². The van der Waals surface area contributed by atoms with E-state index in [4.69, 9.17) is 5.73 Å². The number of halogens is 1. The third kappa shape index (κ3) is 2.57. The number of anilines is 2. The number of aryl methyl sites for hydroxylation is 1. The number of aromatic nitrogens is 2. The molecule has 0 fully saturated rings. The number of hydrogen-bond acceptors (Lipinski definition) is 3. The number of nitrogen functional groups attached to an aromatic ring is 1. The Morgan fingerprint density at radius 2 is 2.18 bits per heavy atom. The summed E-state index contributed by atoms with van der Waals surface area (Å²) in [4.78, 5) is 11.9. The van der Waals surface area contributed by atoms with Crippen molar-refractivity contribution in [2.24, 2.45) is 7.05 Å². The van der Waals surface area contributed by atoms with Crippen LogP contribution in [0.1, 0.15) is 10.5 Å². The van der Waals surface area contributed by atoms with Crippen molar-refractivity contribution in [3.8, 4) is 0 Å². The zero-order valence-electron chi connectivity index (χ0n) is 9.14. The molecule has 1 aromatic carbocycles. The van der Waals surface area contributed by atoms with Crippen molar-refractivity contribution < 1.29 is 4.79 Å². The van der Waals surface area contributed by atoms with Gasteiger partial charge in [0.2, 0.25) is 0 Å². The molecule has 2 rings (SSSR count). The van der Waals surface area contributed by atoms with E-state index in [1.807, 2.05) is 24.3 Å². The number of nitrogens with one attached hydrogen (secondary N) is 1. The molecule has 1 heterocycles. The number of rotatable bonds is 2. The summed E-state index contributed by atoms with van der Waals surface area (Å²) in [5.41, 5.74) is 7.05. The Morgan fingerprint density at radius 3 is 2.76 bits per heavy atom. The molecule has 17 heavy (non-hydrogen) atoms. The average molecular weight is 342 g/mol. The Labute approximate surface area is 112 Å². The second-order valence-corrected chi connectivity index (χ2v) is 4.70. The highest BCUT2D eigenvalue weighted by atomic mass is 127. The fraction of sp³-hybridized carbons (Fsp3) is 0.0909. The van der Waals surface area contributed by atoms with Crippen LogP contribution in [0.3, 0.4) is 0 Å². The van der Waals surface area contributed by atoms with Gasteiger partial charge < -0.3 is 11.1 Å². The molecular formula is C11H11IN4O. The summed E-state index contributed by atoms with van der Waals surface area (Å²) in [7, 11) is 1.72. The maximum absolute atomic E-state index is 11.9. The second kappa shape index (κ2) is 4.74. The minimum Gasteiger partial charge on any atom is -0.396 e. The van der Waals surface area contributed by atoms with Crippen LogP contribution in [0.15, 0.2) is 30.5 Å². The maximum Gasteiger partial charge on any atom is 0.278 e. The third-order valence-corrected chi connectivity index (χ3v) is 3.13. The van der Waals surface area contributed by atoms with E-state index in [1.165, 1.54) is 4.68 Å². The highest BCUT2D eigenvalue weighted by Gasteiger charge is 2.14. The quantitative estimate of drug-likeness (QED) is 0.819. The first kappa shape index (κ1) is 11.9. The van der Waals surface area contributed by atoms with Crippen LogP contribution in [0, 0.1) is 3.57 Å². The molecule has 0 saturated heterocycles. The van der Waals surface area contributed by atoms with Gasteiger partial charge in [0.25, 0.3) is 5.91 Å². The van der Waals surface area contributed by atoms with Crippen molar-refractivity contribution in [2.45, 2.75) is 0 Å². The lowest BCUT2D eigenvalue weighted by Crippen LogP contribution is -2.15. The van der Waals surface area contributed by atoms with Crippen LogP contribution in [0.2, 0.25) is 0 Å². The molecule has 2 aromatic rings. The molecule has 0 aliphatic rings. The van der Waals surface area contributed by atoms with Crippen molar-refractivity contribution in [3.05, 3.63) is 39.7 Å². The van der Waals surface area contributed by atoms with E-state index in [0.29, 0.717) is 5.69 Å². The van der Waals surface area contributed by atoms with E-state index >= 15 is 0 Å². The monoisotopic (exact) mass is 342 g/mol. The van der Waals surface area contributed by atoms with E-state index in [9.17, 15) is 4.79 Å². The lowest BCUT2D eigenvalue weighted by Gasteiger charge is -2.05. The molecule has 0 atom stereocenters. The predicted molar refractivity (Wildman–Crippen MR) is 74.7 cm³/mol. The van der Waals surface area contributed by atoms with Crippen LogP contribution >= 0.6 is 22.6 Å². The van der Waals surface area contributed by atoms with Gasteiger partial charge in [-0.2, -0.15) is 5.10 Å². The predicted octanol–water partition coefficient (Wildman–Crippen LogP) is 1.86. The van der Waals surface area contributed by atoms with E-state index in [1.54, 1.807) is 13.2 Å². The Kier molecular flexibility index (Phi) is 3.32. The number of para-hydroxylation sites is 1. The van der Waals surface area contributed by atoms with Gasteiger partial charge in [-0.05, 0) is 34.7 Å². The summed E-state index contributed by atoms with van der Waals surface area (Å²) in [6.45, 7) is 0. The van der Waals surface area contributed by atoms with Crippen molar-refractivity contribution >= 4 is 39.9 Å². The molecule has 0 aliphatic carbocycles. The Bertz CT molecular complexity index is 564. The number of nitrogens with two attached hydrogens (primary N) is 1. The number of carbonyl (C=O) groups excluding carboxylic acids is 1. The van der Waals surface area contributed by atoms with Crippen LogP contribution in [-0.2, 0) is 7.05 Å². The van der Waals surface area contributed by atoms with Crippen LogP contribution < -0.4 is 11.1 Å². The zero-order valence-corrected chi connectivity index (χ0v) is 11.3. The summed E-state index contributed by atoms with van der Waals surface area (Å²) in [5, 5.41) is 6.79. The van der Waals surface area contributed by atoms with Crippen molar-refractivity contribution in [3.63, 3.8) is 0 Å². The maximum atomic E-state index is 11.9. The van der Waals surface area contributed by atoms with Crippen LogP contribution in [-0.4, -0.2) is 15.7 Å². The molecule has 0 radical (unpaired) electrons. The topological polar surface area (TPSA) is 72.9 Å². The molecule has 0 spiro atoms. The molecule has 88 valence electrons. The van der Waals surface area contributed by atoms with E-state index in [0.717, 1.165) is 9.26 Å². The van der Waals surface area contributed by atoms with E-state index in [2.05, 4.69) is 33.0 Å². The smallest absolute Gasteiger partial charge is 0.278 e. The van der Waals surface area contributed by atoms with Gasteiger partial charge in [-0.25, -0.2) is 0 Å². The van der Waals surface area contributed by atoms with Crippen molar-refractivity contribution in [1.82, 2.24) is 9.78 Å². The highest BCUT2D eigenvalue weighted by Crippen LogP contribution is 2.18. The molecule has 0 unspecified atom stereocenters. The van der Waals surface area contributed by atoms with Gasteiger partial charge in [-0.15, -0.1) is 0 Å². The van der Waals surface area contributed by atoms with Gasteiger partial charge in [0.1, 0.15) is 0 Å². The number of nitrogens with zero attached hydrogens (tertiary/aromatic N) is 2. The second-order valence-electron chi connectivity index (χ2n) is 3.54. The molecule has 0 bridgehead atoms. The molecule has 5 nitrogen and oxygen atoms in total. The first-order valence-electron chi connectivity index (χ1n) is 4.93. The lowest BCUT2D eigenvalue weighted by molar-refractivity contribution is 0.102. The number of carbonyl (C=O) groups is 1. The lowest BCUT2D eigenvalue weighted by atomic mass is 10.3. The van der Waals surface area contributed by atoms with Crippen LogP contribution in [0.25, 0.3) is 0 Å². The molecule has 0 saturated carbocycles. The van der Waals surface area contributed by atoms with Gasteiger partial charge in [0, 0.05) is 16.8 Å². The molecule has 1 aromatic heterocycles. The summed E-state index contributed by atoms with van der Waals surface area (Å²) >= 11 is 2.16. The molecule has 1 amide bonds. The molecule has 3 N–H and O–H groups in total. The van der Waals surface area contributed by atoms with Gasteiger partial charge in [0.15, 0.2) is 5.69 Å². The zero-order chi connectivity index (χ0) is 12.4. The summed E-state index contributed by atoms with van der Waals surface area (Å²) in [5.74, 6) is -0.299. The normalized spacial score (nSPS) is 10.2. The minimum absolute atomic E-state index is 0.243. The average Bonchev–Trinajstić information content (AvgIpc) is 2.61. The fourth-order valence-corrected chi connectivity index (χ4v) is 1.95. The highest BCUT2D eigenvalue weighted by molar-refractivity contribution is 14.1. The molecule has 0 aliphatic heterocycles. The van der Waals surface area contributed by atoms with Crippen LogP contribution in [0.4, 0.5) is 11.4 Å².